The molecule has 0 amide bonds. The first-order valence-electron chi connectivity index (χ1n) is 6.46. The molecule has 3 fully saturated rings. The number of ketones is 1. The predicted molar refractivity (Wildman–Crippen MR) is 65.9 cm³/mol. The third kappa shape index (κ3) is 1.53. The van der Waals surface area contributed by atoms with Crippen LogP contribution in [-0.4, -0.2) is 34.3 Å². The van der Waals surface area contributed by atoms with Crippen LogP contribution in [0.25, 0.3) is 0 Å². The summed E-state index contributed by atoms with van der Waals surface area (Å²) in [7, 11) is 0. The summed E-state index contributed by atoms with van der Waals surface area (Å²) in [6.07, 6.45) is 6.78. The Morgan fingerprint density at radius 1 is 1.59 bits per heavy atom. The quantitative estimate of drug-likeness (QED) is 0.746. The largest absolute Gasteiger partial charge is 0.292 e. The molecule has 0 N–H and O–H groups in total. The highest BCUT2D eigenvalue weighted by Gasteiger charge is 2.56. The van der Waals surface area contributed by atoms with Crippen molar-refractivity contribution in [2.45, 2.75) is 31.7 Å². The van der Waals surface area contributed by atoms with Gasteiger partial charge in [-0.15, -0.1) is 0 Å². The van der Waals surface area contributed by atoms with Gasteiger partial charge in [-0.25, -0.2) is 0 Å². The molecule has 2 aliphatic heterocycles. The van der Waals surface area contributed by atoms with Gasteiger partial charge in [-0.05, 0) is 50.4 Å². The zero-order valence-electron chi connectivity index (χ0n) is 10.2. The molecule has 1 aromatic heterocycles. The van der Waals surface area contributed by atoms with E-state index in [9.17, 15) is 4.79 Å². The Morgan fingerprint density at radius 2 is 2.41 bits per heavy atom. The lowest BCUT2D eigenvalue weighted by atomic mass is 9.60. The van der Waals surface area contributed by atoms with Gasteiger partial charge in [-0.2, -0.15) is 0 Å². The van der Waals surface area contributed by atoms with Crippen molar-refractivity contribution in [1.82, 2.24) is 9.88 Å². The van der Waals surface area contributed by atoms with Crippen LogP contribution in [0.5, 0.6) is 0 Å². The molecule has 0 aromatic carbocycles. The second kappa shape index (κ2) is 3.91. The van der Waals surface area contributed by atoms with Gasteiger partial charge < -0.3 is 0 Å². The maximum absolute atomic E-state index is 12.6. The van der Waals surface area contributed by atoms with Gasteiger partial charge in [0.2, 0.25) is 0 Å². The molecule has 2 saturated heterocycles. The summed E-state index contributed by atoms with van der Waals surface area (Å²) in [5.41, 5.74) is 0.576. The number of likely N-dealkylation sites (N-methyl/N-ethyl adjacent to an activating group) is 1. The molecular formula is C14H18N2O. The smallest absolute Gasteiger partial charge is 0.184 e. The summed E-state index contributed by atoms with van der Waals surface area (Å²) in [5.74, 6) is 1.06. The van der Waals surface area contributed by atoms with E-state index in [2.05, 4.69) is 16.8 Å². The van der Waals surface area contributed by atoms with Crippen molar-refractivity contribution in [3.05, 3.63) is 30.1 Å². The second-order valence-electron chi connectivity index (χ2n) is 5.25. The monoisotopic (exact) mass is 230 g/mol. The van der Waals surface area contributed by atoms with Crippen LogP contribution < -0.4 is 0 Å². The molecule has 0 atom stereocenters. The van der Waals surface area contributed by atoms with E-state index in [1.165, 1.54) is 6.42 Å². The molecule has 1 aliphatic carbocycles. The number of rotatable bonds is 3. The molecule has 0 unspecified atom stereocenters. The van der Waals surface area contributed by atoms with E-state index in [1.54, 1.807) is 12.4 Å². The van der Waals surface area contributed by atoms with E-state index in [4.69, 9.17) is 0 Å². The molecule has 3 heterocycles. The first-order valence-corrected chi connectivity index (χ1v) is 6.46. The van der Waals surface area contributed by atoms with Crippen molar-refractivity contribution in [3.8, 4) is 0 Å². The highest BCUT2D eigenvalue weighted by atomic mass is 16.1. The molecule has 0 spiro atoms. The van der Waals surface area contributed by atoms with Gasteiger partial charge in [0.1, 0.15) is 0 Å². The average molecular weight is 230 g/mol. The summed E-state index contributed by atoms with van der Waals surface area (Å²) < 4.78 is 0. The zero-order chi connectivity index (χ0) is 11.9. The molecular weight excluding hydrogens is 212 g/mol. The maximum Gasteiger partial charge on any atom is 0.184 e. The molecule has 3 aliphatic rings. The molecule has 3 nitrogen and oxygen atoms in total. The highest BCUT2D eigenvalue weighted by Crippen LogP contribution is 2.50. The number of carbonyl (C=O) groups excluding carboxylic acids is 1. The number of carbonyl (C=O) groups is 1. The Kier molecular flexibility index (Phi) is 2.51. The minimum atomic E-state index is -0.194. The number of pyridine rings is 1. The van der Waals surface area contributed by atoms with Crippen LogP contribution in [0.4, 0.5) is 0 Å². The molecule has 3 heteroatoms. The summed E-state index contributed by atoms with van der Waals surface area (Å²) in [5, 5.41) is 0. The van der Waals surface area contributed by atoms with Gasteiger partial charge in [0.25, 0.3) is 0 Å². The molecule has 1 aromatic rings. The average Bonchev–Trinajstić information content (AvgIpc) is 2.37. The summed E-state index contributed by atoms with van der Waals surface area (Å²) in [4.78, 5) is 19.1. The van der Waals surface area contributed by atoms with Crippen molar-refractivity contribution in [1.29, 1.82) is 0 Å². The zero-order valence-corrected chi connectivity index (χ0v) is 10.2. The molecule has 17 heavy (non-hydrogen) atoms. The Balaban J connectivity index is 1.90. The molecule has 4 rings (SSSR count). The van der Waals surface area contributed by atoms with Crippen LogP contribution in [0.15, 0.2) is 24.5 Å². The number of fused-ring (bicyclic) bond motifs is 2. The molecule has 1 saturated carbocycles. The van der Waals surface area contributed by atoms with Crippen molar-refractivity contribution in [3.63, 3.8) is 0 Å². The normalized spacial score (nSPS) is 31.9. The van der Waals surface area contributed by atoms with Crippen LogP contribution in [0.1, 0.15) is 36.5 Å². The van der Waals surface area contributed by atoms with Crippen molar-refractivity contribution in [2.75, 3.05) is 13.1 Å². The molecule has 2 bridgehead atoms. The number of aromatic nitrogens is 1. The van der Waals surface area contributed by atoms with E-state index in [0.29, 0.717) is 0 Å². The fraction of sp³-hybridized carbons (Fsp3) is 0.571. The van der Waals surface area contributed by atoms with Crippen LogP contribution in [0.2, 0.25) is 0 Å². The second-order valence-corrected chi connectivity index (χ2v) is 5.25. The highest BCUT2D eigenvalue weighted by molar-refractivity contribution is 6.03. The fourth-order valence-corrected chi connectivity index (χ4v) is 3.47. The first-order chi connectivity index (χ1) is 8.26. The van der Waals surface area contributed by atoms with Crippen molar-refractivity contribution in [2.24, 2.45) is 5.92 Å². The lowest BCUT2D eigenvalue weighted by Gasteiger charge is -2.58. The lowest BCUT2D eigenvalue weighted by molar-refractivity contribution is -0.0508. The van der Waals surface area contributed by atoms with Gasteiger partial charge >= 0.3 is 0 Å². The summed E-state index contributed by atoms with van der Waals surface area (Å²) in [6, 6.07) is 3.74. The van der Waals surface area contributed by atoms with E-state index < -0.39 is 0 Å². The Morgan fingerprint density at radius 3 is 3.06 bits per heavy atom. The Hall–Kier alpha value is -1.22. The van der Waals surface area contributed by atoms with Crippen molar-refractivity contribution >= 4 is 5.78 Å². The maximum atomic E-state index is 12.6. The van der Waals surface area contributed by atoms with E-state index in [0.717, 1.165) is 37.4 Å². The fourth-order valence-electron chi connectivity index (χ4n) is 3.47. The first kappa shape index (κ1) is 10.9. The Labute approximate surface area is 102 Å². The number of hydrogen-bond donors (Lipinski definition) is 0. The standard InChI is InChI=1S/C14H18N2O/c1-2-16-7-5-11-8-14(16,9-11)13(17)12-4-3-6-15-10-12/h3-4,6,10-11H,2,5,7-9H2,1H3. The summed E-state index contributed by atoms with van der Waals surface area (Å²) >= 11 is 0. The third-order valence-electron chi connectivity index (χ3n) is 4.39. The third-order valence-corrected chi connectivity index (χ3v) is 4.39. The van der Waals surface area contributed by atoms with E-state index >= 15 is 0 Å². The van der Waals surface area contributed by atoms with Gasteiger partial charge in [0, 0.05) is 18.0 Å². The van der Waals surface area contributed by atoms with Gasteiger partial charge in [-0.1, -0.05) is 6.92 Å². The minimum absolute atomic E-state index is 0.194. The van der Waals surface area contributed by atoms with Gasteiger partial charge in [0.15, 0.2) is 5.78 Å². The minimum Gasteiger partial charge on any atom is -0.292 e. The number of nitrogens with zero attached hydrogens (tertiary/aromatic N) is 2. The Bertz CT molecular complexity index is 423. The van der Waals surface area contributed by atoms with Crippen LogP contribution in [0, 0.1) is 5.92 Å². The molecule has 90 valence electrons. The summed E-state index contributed by atoms with van der Waals surface area (Å²) in [6.45, 7) is 4.20. The SMILES string of the molecule is CCN1CCC2CC1(C(=O)c1cccnc1)C2. The van der Waals surface area contributed by atoms with Gasteiger partial charge in [-0.3, -0.25) is 14.7 Å². The van der Waals surface area contributed by atoms with E-state index in [-0.39, 0.29) is 11.3 Å². The molecule has 0 radical (unpaired) electrons. The van der Waals surface area contributed by atoms with Gasteiger partial charge in [0.05, 0.1) is 5.54 Å². The van der Waals surface area contributed by atoms with E-state index in [1.807, 2.05) is 12.1 Å². The lowest BCUT2D eigenvalue weighted by Crippen LogP contribution is -2.66. The number of hydrogen-bond acceptors (Lipinski definition) is 3. The topological polar surface area (TPSA) is 33.2 Å². The van der Waals surface area contributed by atoms with Crippen LogP contribution in [-0.2, 0) is 0 Å². The predicted octanol–water partition coefficient (Wildman–Crippen LogP) is 2.14. The van der Waals surface area contributed by atoms with Crippen LogP contribution >= 0.6 is 0 Å². The number of piperidine rings is 2. The van der Waals surface area contributed by atoms with Crippen molar-refractivity contribution < 1.29 is 4.79 Å². The van der Waals surface area contributed by atoms with Crippen LogP contribution in [0.3, 0.4) is 0 Å². The number of Topliss-reactive ketones (excluding diaryl/α,β-unsaturated/α-hetero) is 1.